The van der Waals surface area contributed by atoms with E-state index in [-0.39, 0.29) is 30.4 Å². The molecule has 0 radical (unpaired) electrons. The molecule has 1 aliphatic carbocycles. The molecule has 0 aromatic carbocycles. The van der Waals surface area contributed by atoms with Crippen molar-refractivity contribution in [1.29, 1.82) is 0 Å². The van der Waals surface area contributed by atoms with Crippen LogP contribution in [0.5, 0.6) is 0 Å². The highest BCUT2D eigenvalue weighted by Crippen LogP contribution is 2.22. The van der Waals surface area contributed by atoms with Crippen molar-refractivity contribution in [1.82, 2.24) is 10.2 Å². The van der Waals surface area contributed by atoms with Crippen LogP contribution in [-0.4, -0.2) is 35.3 Å². The Bertz CT molecular complexity index is 296. The van der Waals surface area contributed by atoms with Crippen LogP contribution in [0.25, 0.3) is 0 Å². The molecular formula is C13H22N2O2. The molecule has 1 heterocycles. The lowest BCUT2D eigenvalue weighted by Crippen LogP contribution is -2.59. The van der Waals surface area contributed by atoms with Crippen LogP contribution in [0.1, 0.15) is 51.9 Å². The van der Waals surface area contributed by atoms with Crippen LogP contribution in [0, 0.1) is 0 Å². The van der Waals surface area contributed by atoms with Gasteiger partial charge in [0.2, 0.25) is 11.8 Å². The third kappa shape index (κ3) is 2.99. The monoisotopic (exact) mass is 238 g/mol. The molecule has 0 aromatic rings. The highest BCUT2D eigenvalue weighted by molar-refractivity contribution is 5.94. The molecule has 2 amide bonds. The Morgan fingerprint density at radius 2 is 1.65 bits per heavy atom. The van der Waals surface area contributed by atoms with Gasteiger partial charge in [-0.1, -0.05) is 32.1 Å². The number of nitrogens with one attached hydrogen (secondary N) is 1. The highest BCUT2D eigenvalue weighted by atomic mass is 16.2. The number of carbonyl (C=O) groups is 2. The smallest absolute Gasteiger partial charge is 0.245 e. The van der Waals surface area contributed by atoms with E-state index in [1.807, 2.05) is 4.90 Å². The Morgan fingerprint density at radius 3 is 2.29 bits per heavy atom. The van der Waals surface area contributed by atoms with Crippen LogP contribution in [0.3, 0.4) is 0 Å². The fourth-order valence-electron chi connectivity index (χ4n) is 2.89. The zero-order valence-electron chi connectivity index (χ0n) is 10.6. The van der Waals surface area contributed by atoms with E-state index in [1.54, 1.807) is 6.92 Å². The number of piperazine rings is 1. The van der Waals surface area contributed by atoms with Gasteiger partial charge in [0.15, 0.2) is 0 Å². The number of carbonyl (C=O) groups excluding carboxylic acids is 2. The summed E-state index contributed by atoms with van der Waals surface area (Å²) in [7, 11) is 0. The Kier molecular flexibility index (Phi) is 4.02. The molecule has 1 saturated carbocycles. The molecule has 2 aliphatic rings. The largest absolute Gasteiger partial charge is 0.343 e. The molecule has 4 nitrogen and oxygen atoms in total. The van der Waals surface area contributed by atoms with E-state index in [9.17, 15) is 9.59 Å². The van der Waals surface area contributed by atoms with Gasteiger partial charge in [-0.3, -0.25) is 9.59 Å². The summed E-state index contributed by atoms with van der Waals surface area (Å²) in [6.07, 6.45) is 8.34. The summed E-state index contributed by atoms with van der Waals surface area (Å²) in [6, 6.07) is -0.0574. The summed E-state index contributed by atoms with van der Waals surface area (Å²) in [6.45, 7) is 2.03. The van der Waals surface area contributed by atoms with Crippen LogP contribution in [0.15, 0.2) is 0 Å². The van der Waals surface area contributed by atoms with Crippen LogP contribution in [0.2, 0.25) is 0 Å². The predicted molar refractivity (Wildman–Crippen MR) is 65.4 cm³/mol. The second-order valence-corrected chi connectivity index (χ2v) is 5.25. The predicted octanol–water partition coefficient (Wildman–Crippen LogP) is 1.45. The van der Waals surface area contributed by atoms with Crippen molar-refractivity contribution in [2.45, 2.75) is 64.0 Å². The van der Waals surface area contributed by atoms with Gasteiger partial charge >= 0.3 is 0 Å². The minimum Gasteiger partial charge on any atom is -0.343 e. The van der Waals surface area contributed by atoms with E-state index in [4.69, 9.17) is 0 Å². The van der Waals surface area contributed by atoms with E-state index in [0.29, 0.717) is 0 Å². The number of hydrogen-bond acceptors (Lipinski definition) is 2. The molecule has 0 aromatic heterocycles. The molecule has 17 heavy (non-hydrogen) atoms. The summed E-state index contributed by atoms with van der Waals surface area (Å²) in [4.78, 5) is 25.4. The third-order valence-corrected chi connectivity index (χ3v) is 3.86. The fraction of sp³-hybridized carbons (Fsp3) is 0.846. The van der Waals surface area contributed by atoms with Gasteiger partial charge in [0.1, 0.15) is 6.04 Å². The normalized spacial score (nSPS) is 28.5. The third-order valence-electron chi connectivity index (χ3n) is 3.86. The number of rotatable bonds is 1. The molecule has 2 fully saturated rings. The van der Waals surface area contributed by atoms with Crippen molar-refractivity contribution in [3.8, 4) is 0 Å². The molecule has 1 N–H and O–H groups in total. The van der Waals surface area contributed by atoms with E-state index < -0.39 is 0 Å². The maximum absolute atomic E-state index is 12.1. The van der Waals surface area contributed by atoms with Crippen LogP contribution >= 0.6 is 0 Å². The Morgan fingerprint density at radius 1 is 1.06 bits per heavy atom. The Labute approximate surface area is 103 Å². The molecular weight excluding hydrogens is 216 g/mol. The lowest BCUT2D eigenvalue weighted by Gasteiger charge is -2.37. The molecule has 2 rings (SSSR count). The van der Waals surface area contributed by atoms with Gasteiger partial charge in [0.05, 0.1) is 6.54 Å². The zero-order chi connectivity index (χ0) is 12.3. The average Bonchev–Trinajstić information content (AvgIpc) is 2.23. The summed E-state index contributed by atoms with van der Waals surface area (Å²) in [5, 5.41) is 2.70. The first-order valence-corrected chi connectivity index (χ1v) is 6.78. The van der Waals surface area contributed by atoms with Crippen molar-refractivity contribution < 1.29 is 9.59 Å². The minimum atomic E-state index is -0.346. The maximum atomic E-state index is 12.1. The molecule has 0 spiro atoms. The van der Waals surface area contributed by atoms with E-state index in [0.717, 1.165) is 12.8 Å². The van der Waals surface area contributed by atoms with Crippen LogP contribution < -0.4 is 5.32 Å². The lowest BCUT2D eigenvalue weighted by atomic mass is 9.94. The SMILES string of the molecule is CC1NC(=O)CN(C2CCCCCCC2)C1=O. The van der Waals surface area contributed by atoms with Crippen molar-refractivity contribution in [2.24, 2.45) is 0 Å². The van der Waals surface area contributed by atoms with Gasteiger partial charge in [-0.2, -0.15) is 0 Å². The first-order chi connectivity index (χ1) is 8.18. The van der Waals surface area contributed by atoms with Gasteiger partial charge in [-0.15, -0.1) is 0 Å². The van der Waals surface area contributed by atoms with Crippen molar-refractivity contribution in [3.05, 3.63) is 0 Å². The van der Waals surface area contributed by atoms with Crippen molar-refractivity contribution in [2.75, 3.05) is 6.54 Å². The molecule has 1 saturated heterocycles. The van der Waals surface area contributed by atoms with Crippen LogP contribution in [0.4, 0.5) is 0 Å². The number of nitrogens with zero attached hydrogens (tertiary/aromatic N) is 1. The molecule has 1 aliphatic heterocycles. The first-order valence-electron chi connectivity index (χ1n) is 6.78. The first kappa shape index (κ1) is 12.4. The molecule has 4 heteroatoms. The van der Waals surface area contributed by atoms with Gasteiger partial charge < -0.3 is 10.2 Å². The van der Waals surface area contributed by atoms with E-state index in [2.05, 4.69) is 5.32 Å². The fourth-order valence-corrected chi connectivity index (χ4v) is 2.89. The lowest BCUT2D eigenvalue weighted by molar-refractivity contribution is -0.146. The molecule has 96 valence electrons. The summed E-state index contributed by atoms with van der Waals surface area (Å²) in [5.41, 5.74) is 0. The highest BCUT2D eigenvalue weighted by Gasteiger charge is 2.33. The van der Waals surface area contributed by atoms with Crippen LogP contribution in [-0.2, 0) is 9.59 Å². The topological polar surface area (TPSA) is 49.4 Å². The quantitative estimate of drug-likeness (QED) is 0.751. The molecule has 0 bridgehead atoms. The minimum absolute atomic E-state index is 0.0147. The summed E-state index contributed by atoms with van der Waals surface area (Å²) >= 11 is 0. The number of hydrogen-bond donors (Lipinski definition) is 1. The second kappa shape index (κ2) is 5.52. The standard InChI is InChI=1S/C13H22N2O2/c1-10-13(17)15(9-12(16)14-10)11-7-5-3-2-4-6-8-11/h10-11H,2-9H2,1H3,(H,14,16). The van der Waals surface area contributed by atoms with Crippen molar-refractivity contribution in [3.63, 3.8) is 0 Å². The van der Waals surface area contributed by atoms with Gasteiger partial charge in [-0.05, 0) is 19.8 Å². The van der Waals surface area contributed by atoms with Crippen molar-refractivity contribution >= 4 is 11.8 Å². The van der Waals surface area contributed by atoms with E-state index >= 15 is 0 Å². The second-order valence-electron chi connectivity index (χ2n) is 5.25. The maximum Gasteiger partial charge on any atom is 0.245 e. The zero-order valence-corrected chi connectivity index (χ0v) is 10.6. The number of amides is 2. The van der Waals surface area contributed by atoms with Gasteiger partial charge in [0, 0.05) is 6.04 Å². The van der Waals surface area contributed by atoms with Gasteiger partial charge in [0.25, 0.3) is 0 Å². The average molecular weight is 238 g/mol. The molecule has 1 unspecified atom stereocenters. The summed E-state index contributed by atoms with van der Waals surface area (Å²) < 4.78 is 0. The van der Waals surface area contributed by atoms with E-state index in [1.165, 1.54) is 32.1 Å². The molecule has 1 atom stereocenters. The Balaban J connectivity index is 2.02. The Hall–Kier alpha value is -1.06. The van der Waals surface area contributed by atoms with Gasteiger partial charge in [-0.25, -0.2) is 0 Å². The summed E-state index contributed by atoms with van der Waals surface area (Å²) in [5.74, 6) is 0.0781.